The van der Waals surface area contributed by atoms with E-state index in [-0.39, 0.29) is 52.3 Å². The van der Waals surface area contributed by atoms with Crippen molar-refractivity contribution in [3.63, 3.8) is 0 Å². The maximum absolute atomic E-state index is 13.3. The lowest BCUT2D eigenvalue weighted by atomic mass is 9.32. The van der Waals surface area contributed by atoms with Crippen molar-refractivity contribution >= 4 is 5.97 Å². The van der Waals surface area contributed by atoms with Crippen LogP contribution in [-0.2, 0) is 16.1 Å². The number of esters is 1. The predicted octanol–water partition coefficient (Wildman–Crippen LogP) is 7.52. The van der Waals surface area contributed by atoms with Gasteiger partial charge in [-0.1, -0.05) is 46.8 Å². The molecule has 5 aliphatic carbocycles. The number of ether oxygens (including phenoxy) is 1. The van der Waals surface area contributed by atoms with E-state index in [1.54, 1.807) is 0 Å². The van der Waals surface area contributed by atoms with Crippen LogP contribution in [0.25, 0.3) is 0 Å². The minimum Gasteiger partial charge on any atom is -0.854 e. The Hall–Kier alpha value is -1.68. The zero-order valence-corrected chi connectivity index (χ0v) is 28.6. The summed E-state index contributed by atoms with van der Waals surface area (Å²) in [6, 6.07) is 2.14. The first-order valence-corrected chi connectivity index (χ1v) is 17.5. The third-order valence-corrected chi connectivity index (χ3v) is 15.2. The summed E-state index contributed by atoms with van der Waals surface area (Å²) in [5.74, 6) is 2.78. The van der Waals surface area contributed by atoms with Crippen molar-refractivity contribution in [2.45, 2.75) is 132 Å². The molecule has 1 aromatic heterocycles. The molecule has 5 aliphatic rings. The quantitative estimate of drug-likeness (QED) is 0.203. The first kappa shape index (κ1) is 31.3. The molecule has 0 bridgehead atoms. The number of aromatic nitrogens is 1. The number of carbonyl (C=O) groups excluding carboxylic acids is 1. The van der Waals surface area contributed by atoms with Gasteiger partial charge in [-0.2, -0.15) is 4.57 Å². The van der Waals surface area contributed by atoms with Gasteiger partial charge in [0.05, 0.1) is 0 Å². The lowest BCUT2D eigenvalue weighted by Gasteiger charge is -2.73. The fraction of sp³-hybridized carbons (Fsp3) is 0.795. The summed E-state index contributed by atoms with van der Waals surface area (Å²) in [5, 5.41) is 12.9. The molecule has 0 radical (unpaired) electrons. The molecule has 0 saturated heterocycles. The first-order valence-electron chi connectivity index (χ1n) is 17.5. The highest BCUT2D eigenvalue weighted by atomic mass is 16.5. The Balaban J connectivity index is 1.24. The number of pyridine rings is 1. The number of allylic oxidation sites excluding steroid dienone is 1. The molecule has 0 aliphatic heterocycles. The average Bonchev–Trinajstić information content (AvgIpc) is 3.31. The van der Waals surface area contributed by atoms with Crippen LogP contribution in [0.1, 0.15) is 117 Å². The number of nitrogens with zero attached hydrogens (tertiary/aromatic N) is 1. The molecule has 1 heterocycles. The fourth-order valence-electron chi connectivity index (χ4n) is 13.2. The van der Waals surface area contributed by atoms with Crippen LogP contribution < -0.4 is 9.67 Å². The van der Waals surface area contributed by atoms with Gasteiger partial charge >= 0.3 is 5.97 Å². The summed E-state index contributed by atoms with van der Waals surface area (Å²) in [7, 11) is 0. The summed E-state index contributed by atoms with van der Waals surface area (Å²) in [6.45, 7) is 23.9. The van der Waals surface area contributed by atoms with Gasteiger partial charge in [0.25, 0.3) is 0 Å². The van der Waals surface area contributed by atoms with Crippen molar-refractivity contribution in [1.29, 1.82) is 0 Å². The van der Waals surface area contributed by atoms with Gasteiger partial charge in [0, 0.05) is 16.5 Å². The van der Waals surface area contributed by atoms with Crippen LogP contribution >= 0.6 is 0 Å². The van der Waals surface area contributed by atoms with Crippen molar-refractivity contribution < 1.29 is 19.2 Å². The van der Waals surface area contributed by atoms with Crippen LogP contribution in [0.2, 0.25) is 0 Å². The van der Waals surface area contributed by atoms with Crippen LogP contribution in [0.5, 0.6) is 0 Å². The Morgan fingerprint density at radius 1 is 0.907 bits per heavy atom. The van der Waals surface area contributed by atoms with E-state index in [9.17, 15) is 9.90 Å². The van der Waals surface area contributed by atoms with Gasteiger partial charge in [0.1, 0.15) is 6.10 Å². The van der Waals surface area contributed by atoms with E-state index in [1.807, 2.05) is 17.0 Å². The molecule has 238 valence electrons. The van der Waals surface area contributed by atoms with Crippen molar-refractivity contribution in [3.05, 3.63) is 41.7 Å². The van der Waals surface area contributed by atoms with E-state index in [4.69, 9.17) is 4.74 Å². The molecule has 0 N–H and O–H groups in total. The Bertz CT molecular complexity index is 1260. The Kier molecular flexibility index (Phi) is 7.59. The van der Waals surface area contributed by atoms with Gasteiger partial charge in [-0.25, -0.2) is 4.79 Å². The van der Waals surface area contributed by atoms with Gasteiger partial charge < -0.3 is 9.84 Å². The normalized spacial score (nSPS) is 44.9. The van der Waals surface area contributed by atoms with E-state index >= 15 is 0 Å². The van der Waals surface area contributed by atoms with Crippen LogP contribution in [0.4, 0.5) is 0 Å². The van der Waals surface area contributed by atoms with Gasteiger partial charge in [-0.3, -0.25) is 0 Å². The summed E-state index contributed by atoms with van der Waals surface area (Å²) in [6.07, 6.45) is 15.7. The topological polar surface area (TPSA) is 53.2 Å². The zero-order chi connectivity index (χ0) is 31.2. The maximum atomic E-state index is 13.3. The second-order valence-electron chi connectivity index (χ2n) is 17.6. The first-order chi connectivity index (χ1) is 20.1. The number of carbonyl (C=O) groups is 1. The molecular formula is C39H59NO3. The highest BCUT2D eigenvalue weighted by Gasteiger charge is 2.70. The van der Waals surface area contributed by atoms with Crippen LogP contribution in [0, 0.1) is 70.5 Å². The van der Waals surface area contributed by atoms with E-state index in [2.05, 4.69) is 68.0 Å². The molecule has 0 aromatic carbocycles. The van der Waals surface area contributed by atoms with Crippen molar-refractivity contribution in [2.24, 2.45) is 56.7 Å². The standard InChI is InChI=1S/C39H59NO3/c1-25(2)28-12-17-39(24-41)19-18-37(8)29(34(28)39)10-11-31-36(7)15-14-32(35(5,6)30(36)13-16-38(31,37)9)43-33(42)23-40-21-26(3)20-27(4)22-40/h20-22,28-32,34H,1,10-19,23-24H2,2-9H3/t28?,29?,30?,31?,32-,34?,36-,37+,38+,39+/m0/s1. The van der Waals surface area contributed by atoms with Crippen LogP contribution in [0.15, 0.2) is 30.6 Å². The minimum atomic E-state index is -0.113. The van der Waals surface area contributed by atoms with E-state index in [0.29, 0.717) is 29.6 Å². The smallest absolute Gasteiger partial charge is 0.372 e. The molecule has 10 atom stereocenters. The predicted molar refractivity (Wildman–Crippen MR) is 170 cm³/mol. The second-order valence-corrected chi connectivity index (χ2v) is 17.6. The Morgan fingerprint density at radius 2 is 1.60 bits per heavy atom. The summed E-state index contributed by atoms with van der Waals surface area (Å²) >= 11 is 0. The van der Waals surface area contributed by atoms with Gasteiger partial charge in [-0.15, -0.1) is 6.61 Å². The van der Waals surface area contributed by atoms with Crippen LogP contribution in [0.3, 0.4) is 0 Å². The molecule has 5 saturated carbocycles. The molecular weight excluding hydrogens is 530 g/mol. The summed E-state index contributed by atoms with van der Waals surface area (Å²) < 4.78 is 8.34. The number of rotatable bonds is 5. The molecule has 4 heteroatoms. The maximum Gasteiger partial charge on any atom is 0.372 e. The minimum absolute atomic E-state index is 0.00253. The number of hydrogen-bond acceptors (Lipinski definition) is 3. The lowest BCUT2D eigenvalue weighted by Crippen LogP contribution is -2.67. The second kappa shape index (κ2) is 10.4. The van der Waals surface area contributed by atoms with Gasteiger partial charge in [0.2, 0.25) is 6.54 Å². The van der Waals surface area contributed by atoms with Crippen molar-refractivity contribution in [1.82, 2.24) is 0 Å². The van der Waals surface area contributed by atoms with Crippen molar-refractivity contribution in [3.8, 4) is 0 Å². The van der Waals surface area contributed by atoms with E-state index in [0.717, 1.165) is 36.8 Å². The summed E-state index contributed by atoms with van der Waals surface area (Å²) in [4.78, 5) is 13.3. The average molecular weight is 590 g/mol. The van der Waals surface area contributed by atoms with E-state index < -0.39 is 0 Å². The van der Waals surface area contributed by atoms with Crippen LogP contribution in [-0.4, -0.2) is 18.7 Å². The Morgan fingerprint density at radius 3 is 2.26 bits per heavy atom. The molecule has 6 rings (SSSR count). The molecule has 5 unspecified atom stereocenters. The fourth-order valence-corrected chi connectivity index (χ4v) is 13.2. The molecule has 5 fully saturated rings. The number of aryl methyl sites for hydroxylation is 2. The largest absolute Gasteiger partial charge is 0.854 e. The third kappa shape index (κ3) is 4.53. The lowest BCUT2D eigenvalue weighted by molar-refractivity contribution is -0.686. The van der Waals surface area contributed by atoms with E-state index in [1.165, 1.54) is 44.1 Å². The highest BCUT2D eigenvalue weighted by molar-refractivity contribution is 5.68. The molecule has 0 amide bonds. The highest BCUT2D eigenvalue weighted by Crippen LogP contribution is 2.77. The summed E-state index contributed by atoms with van der Waals surface area (Å²) in [5.41, 5.74) is 4.36. The number of hydrogen-bond donors (Lipinski definition) is 0. The molecule has 1 aromatic rings. The molecule has 4 nitrogen and oxygen atoms in total. The third-order valence-electron chi connectivity index (χ3n) is 15.2. The molecule has 0 spiro atoms. The van der Waals surface area contributed by atoms with Gasteiger partial charge in [-0.05, 0) is 142 Å². The Labute approximate surface area is 262 Å². The zero-order valence-electron chi connectivity index (χ0n) is 28.6. The number of fused-ring (bicyclic) bond motifs is 7. The SMILES string of the molecule is C=C(C)C1CC[C@]2(C[O-])CC[C@]3(C)C(CCC4[C@@]5(C)CC[C@H](OC(=O)C[n+]6cc(C)cc(C)c6)C(C)(C)C5CC[C@]43C)C12. The monoisotopic (exact) mass is 589 g/mol. The molecule has 43 heavy (non-hydrogen) atoms. The van der Waals surface area contributed by atoms with Crippen molar-refractivity contribution in [2.75, 3.05) is 6.61 Å². The van der Waals surface area contributed by atoms with Gasteiger partial charge in [0.15, 0.2) is 12.4 Å².